The maximum atomic E-state index is 8.81. The predicted octanol–water partition coefficient (Wildman–Crippen LogP) is 1.31. The van der Waals surface area contributed by atoms with E-state index < -0.39 is 0 Å². The normalized spacial score (nSPS) is 13.2. The van der Waals surface area contributed by atoms with Crippen LogP contribution in [0.1, 0.15) is 30.5 Å². The highest BCUT2D eigenvalue weighted by atomic mass is 32.1. The van der Waals surface area contributed by atoms with Gasteiger partial charge in [-0.1, -0.05) is 13.3 Å². The Bertz CT molecular complexity index is 250. The molecular formula is C9H16N2OS. The fourth-order valence-electron chi connectivity index (χ4n) is 1.26. The van der Waals surface area contributed by atoms with Gasteiger partial charge in [-0.2, -0.15) is 0 Å². The molecule has 3 nitrogen and oxygen atoms in total. The Hall–Kier alpha value is -0.450. The SMILES string of the molecule is CCCC(N)Cc1csc(CO)n1. The third-order valence-corrected chi connectivity index (χ3v) is 2.75. The van der Waals surface area contributed by atoms with Gasteiger partial charge in [-0.05, 0) is 6.42 Å². The summed E-state index contributed by atoms with van der Waals surface area (Å²) in [6.45, 7) is 2.16. The molecular weight excluding hydrogens is 184 g/mol. The molecule has 0 aliphatic heterocycles. The summed E-state index contributed by atoms with van der Waals surface area (Å²) in [6.07, 6.45) is 2.97. The van der Waals surface area contributed by atoms with Crippen molar-refractivity contribution >= 4 is 11.3 Å². The van der Waals surface area contributed by atoms with Crippen LogP contribution in [0.4, 0.5) is 0 Å². The maximum absolute atomic E-state index is 8.81. The lowest BCUT2D eigenvalue weighted by Crippen LogP contribution is -2.22. The van der Waals surface area contributed by atoms with E-state index in [1.807, 2.05) is 5.38 Å². The zero-order valence-electron chi connectivity index (χ0n) is 7.86. The molecule has 1 heterocycles. The molecule has 0 radical (unpaired) electrons. The summed E-state index contributed by atoms with van der Waals surface area (Å²) in [6, 6.07) is 0.207. The van der Waals surface area contributed by atoms with Crippen molar-refractivity contribution in [3.05, 3.63) is 16.1 Å². The van der Waals surface area contributed by atoms with Gasteiger partial charge in [0.05, 0.1) is 12.3 Å². The Morgan fingerprint density at radius 2 is 2.46 bits per heavy atom. The van der Waals surface area contributed by atoms with Crippen LogP contribution in [0.3, 0.4) is 0 Å². The molecule has 3 N–H and O–H groups in total. The fourth-order valence-corrected chi connectivity index (χ4v) is 1.92. The van der Waals surface area contributed by atoms with Crippen LogP contribution in [0.15, 0.2) is 5.38 Å². The van der Waals surface area contributed by atoms with Crippen molar-refractivity contribution in [1.82, 2.24) is 4.98 Å². The van der Waals surface area contributed by atoms with E-state index in [1.165, 1.54) is 11.3 Å². The van der Waals surface area contributed by atoms with Gasteiger partial charge in [-0.3, -0.25) is 0 Å². The summed E-state index contributed by atoms with van der Waals surface area (Å²) in [5.41, 5.74) is 6.88. The molecule has 1 aromatic rings. The lowest BCUT2D eigenvalue weighted by atomic mass is 10.1. The molecule has 74 valence electrons. The average Bonchev–Trinajstić information content (AvgIpc) is 2.52. The molecule has 0 spiro atoms. The molecule has 4 heteroatoms. The van der Waals surface area contributed by atoms with Crippen molar-refractivity contribution in [1.29, 1.82) is 0 Å². The molecule has 13 heavy (non-hydrogen) atoms. The molecule has 0 fully saturated rings. The molecule has 0 aliphatic carbocycles. The lowest BCUT2D eigenvalue weighted by molar-refractivity contribution is 0.281. The van der Waals surface area contributed by atoms with Crippen molar-refractivity contribution in [2.24, 2.45) is 5.73 Å². The van der Waals surface area contributed by atoms with E-state index in [4.69, 9.17) is 10.8 Å². The van der Waals surface area contributed by atoms with Crippen molar-refractivity contribution in [2.45, 2.75) is 38.8 Å². The fraction of sp³-hybridized carbons (Fsp3) is 0.667. The number of hydrogen-bond donors (Lipinski definition) is 2. The van der Waals surface area contributed by atoms with Crippen LogP contribution in [0.2, 0.25) is 0 Å². The summed E-state index contributed by atoms with van der Waals surface area (Å²) in [5.74, 6) is 0. The zero-order chi connectivity index (χ0) is 9.68. The Kier molecular flexibility index (Phi) is 4.35. The molecule has 0 aliphatic rings. The van der Waals surface area contributed by atoms with Gasteiger partial charge in [0.2, 0.25) is 0 Å². The van der Waals surface area contributed by atoms with Gasteiger partial charge in [-0.25, -0.2) is 4.98 Å². The Morgan fingerprint density at radius 1 is 1.69 bits per heavy atom. The number of nitrogens with zero attached hydrogens (tertiary/aromatic N) is 1. The molecule has 1 atom stereocenters. The van der Waals surface area contributed by atoms with Gasteiger partial charge in [0.15, 0.2) is 0 Å². The third-order valence-electron chi connectivity index (χ3n) is 1.87. The van der Waals surface area contributed by atoms with Gasteiger partial charge in [0.25, 0.3) is 0 Å². The molecule has 0 bridgehead atoms. The molecule has 0 amide bonds. The summed E-state index contributed by atoms with van der Waals surface area (Å²) in [7, 11) is 0. The van der Waals surface area contributed by atoms with Crippen LogP contribution in [0, 0.1) is 0 Å². The Balaban J connectivity index is 2.44. The second-order valence-corrected chi connectivity index (χ2v) is 4.09. The maximum Gasteiger partial charge on any atom is 0.118 e. The first kappa shape index (κ1) is 10.6. The van der Waals surface area contributed by atoms with E-state index in [0.29, 0.717) is 0 Å². The van der Waals surface area contributed by atoms with Crippen LogP contribution in [0.5, 0.6) is 0 Å². The predicted molar refractivity (Wildman–Crippen MR) is 54.6 cm³/mol. The van der Waals surface area contributed by atoms with Crippen LogP contribution in [-0.2, 0) is 13.0 Å². The van der Waals surface area contributed by atoms with E-state index in [1.54, 1.807) is 0 Å². The highest BCUT2D eigenvalue weighted by Crippen LogP contribution is 2.11. The second-order valence-electron chi connectivity index (χ2n) is 3.14. The highest BCUT2D eigenvalue weighted by Gasteiger charge is 2.06. The molecule has 0 aromatic carbocycles. The molecule has 1 aromatic heterocycles. The summed E-state index contributed by atoms with van der Waals surface area (Å²) in [4.78, 5) is 4.24. The quantitative estimate of drug-likeness (QED) is 0.753. The number of nitrogens with two attached hydrogens (primary N) is 1. The standard InChI is InChI=1S/C9H16N2OS/c1-2-3-7(10)4-8-6-13-9(5-12)11-8/h6-7,12H,2-5,10H2,1H3. The second kappa shape index (κ2) is 5.32. The molecule has 1 rings (SSSR count). The van der Waals surface area contributed by atoms with Gasteiger partial charge in [0.1, 0.15) is 5.01 Å². The van der Waals surface area contributed by atoms with Gasteiger partial charge < -0.3 is 10.8 Å². The molecule has 0 saturated heterocycles. The van der Waals surface area contributed by atoms with Crippen molar-refractivity contribution < 1.29 is 5.11 Å². The number of aromatic nitrogens is 1. The minimum absolute atomic E-state index is 0.0354. The van der Waals surface area contributed by atoms with Crippen LogP contribution >= 0.6 is 11.3 Å². The van der Waals surface area contributed by atoms with E-state index >= 15 is 0 Å². The number of aliphatic hydroxyl groups excluding tert-OH is 1. The van der Waals surface area contributed by atoms with Crippen LogP contribution in [-0.4, -0.2) is 16.1 Å². The number of hydrogen-bond acceptors (Lipinski definition) is 4. The van der Waals surface area contributed by atoms with E-state index in [0.717, 1.165) is 30.0 Å². The van der Waals surface area contributed by atoms with Crippen molar-refractivity contribution in [2.75, 3.05) is 0 Å². The molecule has 0 saturated carbocycles. The van der Waals surface area contributed by atoms with Crippen molar-refractivity contribution in [3.63, 3.8) is 0 Å². The highest BCUT2D eigenvalue weighted by molar-refractivity contribution is 7.09. The minimum Gasteiger partial charge on any atom is -0.389 e. The van der Waals surface area contributed by atoms with E-state index in [-0.39, 0.29) is 12.6 Å². The van der Waals surface area contributed by atoms with Crippen molar-refractivity contribution in [3.8, 4) is 0 Å². The minimum atomic E-state index is 0.0354. The van der Waals surface area contributed by atoms with Crippen LogP contribution < -0.4 is 5.73 Å². The first-order valence-corrected chi connectivity index (χ1v) is 5.44. The zero-order valence-corrected chi connectivity index (χ0v) is 8.68. The number of aliphatic hydroxyl groups is 1. The lowest BCUT2D eigenvalue weighted by Gasteiger charge is -2.06. The third kappa shape index (κ3) is 3.42. The summed E-state index contributed by atoms with van der Waals surface area (Å²) >= 11 is 1.49. The average molecular weight is 200 g/mol. The smallest absolute Gasteiger partial charge is 0.118 e. The van der Waals surface area contributed by atoms with E-state index in [2.05, 4.69) is 11.9 Å². The summed E-state index contributed by atoms with van der Waals surface area (Å²) in [5, 5.41) is 11.6. The Morgan fingerprint density at radius 3 is 3.00 bits per heavy atom. The van der Waals surface area contributed by atoms with Crippen LogP contribution in [0.25, 0.3) is 0 Å². The monoisotopic (exact) mass is 200 g/mol. The summed E-state index contributed by atoms with van der Waals surface area (Å²) < 4.78 is 0. The number of thiazole rings is 1. The van der Waals surface area contributed by atoms with Gasteiger partial charge in [-0.15, -0.1) is 11.3 Å². The molecule has 1 unspecified atom stereocenters. The van der Waals surface area contributed by atoms with Gasteiger partial charge in [0, 0.05) is 17.8 Å². The first-order valence-electron chi connectivity index (χ1n) is 4.56. The Labute approximate surface area is 82.6 Å². The topological polar surface area (TPSA) is 59.1 Å². The van der Waals surface area contributed by atoms with Gasteiger partial charge >= 0.3 is 0 Å². The largest absolute Gasteiger partial charge is 0.389 e. The van der Waals surface area contributed by atoms with E-state index in [9.17, 15) is 0 Å². The number of rotatable bonds is 5. The first-order chi connectivity index (χ1) is 6.26.